The quantitative estimate of drug-likeness (QED) is 0.733. The van der Waals surface area contributed by atoms with Crippen molar-refractivity contribution in [2.24, 2.45) is 11.7 Å². The van der Waals surface area contributed by atoms with Crippen LogP contribution < -0.4 is 15.2 Å². The Morgan fingerprint density at radius 1 is 1.21 bits per heavy atom. The van der Waals surface area contributed by atoms with E-state index in [1.54, 1.807) is 7.11 Å². The molecular weight excluding hydrogens is 238 g/mol. The summed E-state index contributed by atoms with van der Waals surface area (Å²) in [5.41, 5.74) is 7.02. The van der Waals surface area contributed by atoms with E-state index in [0.717, 1.165) is 42.4 Å². The fourth-order valence-corrected chi connectivity index (χ4v) is 1.99. The van der Waals surface area contributed by atoms with Crippen LogP contribution in [-0.4, -0.2) is 19.8 Å². The van der Waals surface area contributed by atoms with Crippen LogP contribution in [0.1, 0.15) is 39.2 Å². The summed E-state index contributed by atoms with van der Waals surface area (Å²) < 4.78 is 11.1. The van der Waals surface area contributed by atoms with E-state index in [-0.39, 0.29) is 6.04 Å². The second kappa shape index (κ2) is 8.05. The molecule has 3 nitrogen and oxygen atoms in total. The topological polar surface area (TPSA) is 44.5 Å². The molecule has 0 aliphatic rings. The minimum Gasteiger partial charge on any atom is -0.497 e. The van der Waals surface area contributed by atoms with Crippen LogP contribution in [0.2, 0.25) is 0 Å². The van der Waals surface area contributed by atoms with Gasteiger partial charge in [-0.25, -0.2) is 0 Å². The summed E-state index contributed by atoms with van der Waals surface area (Å²) in [6, 6.07) is 6.08. The molecule has 1 rings (SSSR count). The minimum atomic E-state index is 0.131. The lowest BCUT2D eigenvalue weighted by molar-refractivity contribution is 0.292. The second-order valence-electron chi connectivity index (χ2n) is 5.54. The summed E-state index contributed by atoms with van der Waals surface area (Å²) in [7, 11) is 1.67. The van der Waals surface area contributed by atoms with Crippen molar-refractivity contribution in [2.75, 3.05) is 13.7 Å². The lowest BCUT2D eigenvalue weighted by Crippen LogP contribution is -2.18. The van der Waals surface area contributed by atoms with Gasteiger partial charge in [0.1, 0.15) is 11.5 Å². The molecule has 1 atom stereocenters. The van der Waals surface area contributed by atoms with Crippen molar-refractivity contribution in [2.45, 2.75) is 46.1 Å². The molecule has 19 heavy (non-hydrogen) atoms. The van der Waals surface area contributed by atoms with Crippen LogP contribution in [0, 0.1) is 5.92 Å². The first kappa shape index (κ1) is 15.8. The predicted octanol–water partition coefficient (Wildman–Crippen LogP) is 3.40. The van der Waals surface area contributed by atoms with Gasteiger partial charge in [-0.1, -0.05) is 19.9 Å². The molecule has 3 heteroatoms. The molecule has 0 fully saturated rings. The summed E-state index contributed by atoms with van der Waals surface area (Å²) in [6.45, 7) is 7.21. The Hall–Kier alpha value is -1.22. The van der Waals surface area contributed by atoms with Crippen LogP contribution in [0.4, 0.5) is 0 Å². The third-order valence-electron chi connectivity index (χ3n) is 3.00. The fraction of sp³-hybridized carbons (Fsp3) is 0.625. The molecule has 0 bridgehead atoms. The van der Waals surface area contributed by atoms with Crippen molar-refractivity contribution < 1.29 is 9.47 Å². The Morgan fingerprint density at radius 3 is 2.53 bits per heavy atom. The molecule has 0 aliphatic carbocycles. The van der Waals surface area contributed by atoms with Gasteiger partial charge in [-0.2, -0.15) is 0 Å². The number of ether oxygens (including phenoxy) is 2. The van der Waals surface area contributed by atoms with E-state index < -0.39 is 0 Å². The Labute approximate surface area is 117 Å². The zero-order chi connectivity index (χ0) is 14.3. The van der Waals surface area contributed by atoms with E-state index in [0.29, 0.717) is 0 Å². The van der Waals surface area contributed by atoms with Gasteiger partial charge in [0.15, 0.2) is 0 Å². The highest BCUT2D eigenvalue weighted by Gasteiger charge is 2.08. The molecule has 1 aromatic rings. The summed E-state index contributed by atoms with van der Waals surface area (Å²) >= 11 is 0. The molecule has 1 unspecified atom stereocenters. The van der Waals surface area contributed by atoms with E-state index in [4.69, 9.17) is 15.2 Å². The van der Waals surface area contributed by atoms with E-state index in [2.05, 4.69) is 13.8 Å². The third kappa shape index (κ3) is 5.97. The lowest BCUT2D eigenvalue weighted by atomic mass is 10.1. The van der Waals surface area contributed by atoms with Crippen molar-refractivity contribution in [3.8, 4) is 11.5 Å². The lowest BCUT2D eigenvalue weighted by Gasteiger charge is -2.15. The van der Waals surface area contributed by atoms with Crippen molar-refractivity contribution in [1.82, 2.24) is 0 Å². The Kier molecular flexibility index (Phi) is 6.71. The van der Waals surface area contributed by atoms with Crippen LogP contribution in [0.3, 0.4) is 0 Å². The van der Waals surface area contributed by atoms with Crippen LogP contribution in [-0.2, 0) is 6.42 Å². The molecule has 108 valence electrons. The van der Waals surface area contributed by atoms with Crippen LogP contribution in [0.5, 0.6) is 11.5 Å². The van der Waals surface area contributed by atoms with Gasteiger partial charge in [-0.05, 0) is 43.7 Å². The van der Waals surface area contributed by atoms with E-state index in [1.165, 1.54) is 6.42 Å². The first-order valence-electron chi connectivity index (χ1n) is 7.08. The van der Waals surface area contributed by atoms with E-state index >= 15 is 0 Å². The number of benzene rings is 1. The maximum absolute atomic E-state index is 5.90. The maximum atomic E-state index is 5.90. The summed E-state index contributed by atoms with van der Waals surface area (Å²) in [4.78, 5) is 0. The molecule has 0 amide bonds. The first-order valence-corrected chi connectivity index (χ1v) is 7.08. The average Bonchev–Trinajstić information content (AvgIpc) is 2.35. The number of methoxy groups -OCH3 is 1. The van der Waals surface area contributed by atoms with Gasteiger partial charge in [-0.15, -0.1) is 0 Å². The van der Waals surface area contributed by atoms with Crippen LogP contribution in [0.15, 0.2) is 18.2 Å². The average molecular weight is 265 g/mol. The van der Waals surface area contributed by atoms with Gasteiger partial charge in [0.2, 0.25) is 0 Å². The zero-order valence-corrected chi connectivity index (χ0v) is 12.6. The monoisotopic (exact) mass is 265 g/mol. The van der Waals surface area contributed by atoms with Crippen molar-refractivity contribution >= 4 is 0 Å². The van der Waals surface area contributed by atoms with Crippen molar-refractivity contribution in [3.05, 3.63) is 23.8 Å². The minimum absolute atomic E-state index is 0.131. The van der Waals surface area contributed by atoms with Crippen molar-refractivity contribution in [1.29, 1.82) is 0 Å². The highest BCUT2D eigenvalue weighted by atomic mass is 16.5. The number of hydrogen-bond donors (Lipinski definition) is 1. The van der Waals surface area contributed by atoms with Crippen molar-refractivity contribution in [3.63, 3.8) is 0 Å². The Morgan fingerprint density at radius 2 is 1.95 bits per heavy atom. The Bertz CT molecular complexity index is 375. The van der Waals surface area contributed by atoms with Gasteiger partial charge < -0.3 is 15.2 Å². The van der Waals surface area contributed by atoms with Crippen LogP contribution >= 0.6 is 0 Å². The highest BCUT2D eigenvalue weighted by Crippen LogP contribution is 2.26. The van der Waals surface area contributed by atoms with Crippen LogP contribution in [0.25, 0.3) is 0 Å². The summed E-state index contributed by atoms with van der Waals surface area (Å²) in [5.74, 6) is 2.45. The SMILES string of the molecule is COc1ccc(CC(C)N)c(OCCCC(C)C)c1. The summed E-state index contributed by atoms with van der Waals surface area (Å²) in [6.07, 6.45) is 3.09. The molecule has 0 spiro atoms. The molecule has 0 saturated heterocycles. The molecule has 0 radical (unpaired) electrons. The molecule has 0 aromatic heterocycles. The third-order valence-corrected chi connectivity index (χ3v) is 3.00. The molecule has 2 N–H and O–H groups in total. The van der Waals surface area contributed by atoms with Gasteiger partial charge in [0.25, 0.3) is 0 Å². The Balaban J connectivity index is 2.65. The molecule has 1 aromatic carbocycles. The molecule has 0 aliphatic heterocycles. The summed E-state index contributed by atoms with van der Waals surface area (Å²) in [5, 5.41) is 0. The predicted molar refractivity (Wildman–Crippen MR) is 79.9 cm³/mol. The molecule has 0 heterocycles. The second-order valence-corrected chi connectivity index (χ2v) is 5.54. The molecule has 0 saturated carbocycles. The fourth-order valence-electron chi connectivity index (χ4n) is 1.99. The van der Waals surface area contributed by atoms with Gasteiger partial charge in [0, 0.05) is 12.1 Å². The van der Waals surface area contributed by atoms with E-state index in [1.807, 2.05) is 25.1 Å². The van der Waals surface area contributed by atoms with Gasteiger partial charge >= 0.3 is 0 Å². The first-order chi connectivity index (χ1) is 9.02. The largest absolute Gasteiger partial charge is 0.497 e. The standard InChI is InChI=1S/C16H27NO2/c1-12(2)6-5-9-19-16-11-15(18-4)8-7-14(16)10-13(3)17/h7-8,11-13H,5-6,9-10,17H2,1-4H3. The number of rotatable bonds is 8. The maximum Gasteiger partial charge on any atom is 0.126 e. The zero-order valence-electron chi connectivity index (χ0n) is 12.6. The van der Waals surface area contributed by atoms with E-state index in [9.17, 15) is 0 Å². The molecular formula is C16H27NO2. The smallest absolute Gasteiger partial charge is 0.126 e. The van der Waals surface area contributed by atoms with Gasteiger partial charge in [0.05, 0.1) is 13.7 Å². The number of nitrogens with two attached hydrogens (primary N) is 1. The highest BCUT2D eigenvalue weighted by molar-refractivity contribution is 5.41. The normalized spacial score (nSPS) is 12.5. The number of hydrogen-bond acceptors (Lipinski definition) is 3. The van der Waals surface area contributed by atoms with Gasteiger partial charge in [-0.3, -0.25) is 0 Å².